The van der Waals surface area contributed by atoms with Crippen LogP contribution in [0, 0.1) is 0 Å². The Morgan fingerprint density at radius 3 is 2.50 bits per heavy atom. The summed E-state index contributed by atoms with van der Waals surface area (Å²) in [5, 5.41) is 2.51. The molecule has 0 saturated carbocycles. The van der Waals surface area contributed by atoms with Gasteiger partial charge in [-0.25, -0.2) is 4.79 Å². The number of nitrogens with zero attached hydrogens (tertiary/aromatic N) is 1. The van der Waals surface area contributed by atoms with Crippen molar-refractivity contribution >= 4 is 12.0 Å². The first-order valence-electron chi connectivity index (χ1n) is 7.54. The molecule has 2 heterocycles. The topological polar surface area (TPSA) is 67.9 Å². The third kappa shape index (κ3) is 3.00. The number of hydrogen-bond donors (Lipinski definition) is 1. The summed E-state index contributed by atoms with van der Waals surface area (Å²) in [4.78, 5) is 25.1. The molecule has 0 unspecified atom stereocenters. The normalized spacial score (nSPS) is 22.1. The number of methoxy groups -OCH3 is 1. The van der Waals surface area contributed by atoms with Gasteiger partial charge in [0.1, 0.15) is 5.75 Å². The summed E-state index contributed by atoms with van der Waals surface area (Å²) in [5.41, 5.74) is 1.28. The zero-order chi connectivity index (χ0) is 15.5. The van der Waals surface area contributed by atoms with Crippen LogP contribution in [0.1, 0.15) is 24.3 Å². The lowest BCUT2D eigenvalue weighted by Crippen LogP contribution is -2.44. The second kappa shape index (κ2) is 6.25. The largest absolute Gasteiger partial charge is 0.497 e. The quantitative estimate of drug-likeness (QED) is 0.919. The third-order valence-electron chi connectivity index (χ3n) is 4.35. The predicted octanol–water partition coefficient (Wildman–Crippen LogP) is 1.51. The summed E-state index contributed by atoms with van der Waals surface area (Å²) < 4.78 is 10.1. The van der Waals surface area contributed by atoms with Gasteiger partial charge in [-0.2, -0.15) is 0 Å². The summed E-state index contributed by atoms with van der Waals surface area (Å²) in [5.74, 6) is 1.22. The van der Waals surface area contributed by atoms with Crippen molar-refractivity contribution < 1.29 is 19.1 Å². The van der Waals surface area contributed by atoms with E-state index in [0.717, 1.165) is 18.6 Å². The van der Waals surface area contributed by atoms with E-state index in [-0.39, 0.29) is 12.5 Å². The Labute approximate surface area is 129 Å². The molecule has 1 aromatic rings. The van der Waals surface area contributed by atoms with E-state index in [4.69, 9.17) is 9.47 Å². The van der Waals surface area contributed by atoms with Gasteiger partial charge in [0.15, 0.2) is 6.10 Å². The van der Waals surface area contributed by atoms with E-state index in [2.05, 4.69) is 17.4 Å². The summed E-state index contributed by atoms with van der Waals surface area (Å²) in [7, 11) is 1.66. The van der Waals surface area contributed by atoms with Crippen LogP contribution < -0.4 is 10.1 Å². The van der Waals surface area contributed by atoms with Crippen molar-refractivity contribution in [2.45, 2.75) is 24.9 Å². The van der Waals surface area contributed by atoms with Gasteiger partial charge >= 0.3 is 6.09 Å². The number of nitrogens with one attached hydrogen (secondary N) is 1. The summed E-state index contributed by atoms with van der Waals surface area (Å²) >= 11 is 0. The maximum Gasteiger partial charge on any atom is 0.408 e. The van der Waals surface area contributed by atoms with Crippen molar-refractivity contribution in [1.29, 1.82) is 0 Å². The molecule has 0 aliphatic carbocycles. The highest BCUT2D eigenvalue weighted by molar-refractivity contribution is 5.86. The number of carbonyl (C=O) groups excluding carboxylic acids is 2. The fourth-order valence-corrected chi connectivity index (χ4v) is 3.04. The SMILES string of the molecule is COc1ccc(C2CCN(C(=O)[C@@H]3CNC(=O)O3)CC2)cc1. The van der Waals surface area contributed by atoms with Gasteiger partial charge in [0.2, 0.25) is 0 Å². The maximum absolute atomic E-state index is 12.3. The number of hydrogen-bond acceptors (Lipinski definition) is 4. The van der Waals surface area contributed by atoms with Crippen LogP contribution in [-0.2, 0) is 9.53 Å². The Bertz CT molecular complexity index is 550. The van der Waals surface area contributed by atoms with E-state index >= 15 is 0 Å². The first-order chi connectivity index (χ1) is 10.7. The van der Waals surface area contributed by atoms with Crippen molar-refractivity contribution in [1.82, 2.24) is 10.2 Å². The van der Waals surface area contributed by atoms with Crippen LogP contribution in [0.15, 0.2) is 24.3 Å². The van der Waals surface area contributed by atoms with Crippen molar-refractivity contribution in [3.05, 3.63) is 29.8 Å². The number of amides is 2. The molecule has 6 nitrogen and oxygen atoms in total. The smallest absolute Gasteiger partial charge is 0.408 e. The molecule has 2 aliphatic heterocycles. The number of alkyl carbamates (subject to hydrolysis) is 1. The molecule has 0 radical (unpaired) electrons. The number of cyclic esters (lactones) is 1. The Kier molecular flexibility index (Phi) is 4.18. The molecule has 22 heavy (non-hydrogen) atoms. The average Bonchev–Trinajstić information content (AvgIpc) is 3.01. The van der Waals surface area contributed by atoms with Crippen LogP contribution >= 0.6 is 0 Å². The highest BCUT2D eigenvalue weighted by atomic mass is 16.6. The molecule has 0 bridgehead atoms. The minimum absolute atomic E-state index is 0.0912. The molecule has 2 aliphatic rings. The number of ether oxygens (including phenoxy) is 2. The minimum atomic E-state index is -0.662. The Morgan fingerprint density at radius 2 is 1.95 bits per heavy atom. The standard InChI is InChI=1S/C16H20N2O4/c1-21-13-4-2-11(3-5-13)12-6-8-18(9-7-12)15(19)14-10-17-16(20)22-14/h2-5,12,14H,6-10H2,1H3,(H,17,20)/t14-/m0/s1. The highest BCUT2D eigenvalue weighted by Gasteiger charge is 2.34. The zero-order valence-electron chi connectivity index (χ0n) is 12.6. The van der Waals surface area contributed by atoms with E-state index in [1.54, 1.807) is 12.0 Å². The Morgan fingerprint density at radius 1 is 1.27 bits per heavy atom. The molecule has 0 aromatic heterocycles. The van der Waals surface area contributed by atoms with Gasteiger partial charge in [-0.05, 0) is 36.5 Å². The zero-order valence-corrected chi connectivity index (χ0v) is 12.6. The lowest BCUT2D eigenvalue weighted by molar-refractivity contribution is -0.139. The molecule has 2 fully saturated rings. The van der Waals surface area contributed by atoms with Crippen molar-refractivity contribution in [2.24, 2.45) is 0 Å². The number of piperidine rings is 1. The fraction of sp³-hybridized carbons (Fsp3) is 0.500. The maximum atomic E-state index is 12.3. The van der Waals surface area contributed by atoms with Gasteiger partial charge in [-0.1, -0.05) is 12.1 Å². The lowest BCUT2D eigenvalue weighted by atomic mass is 9.89. The van der Waals surface area contributed by atoms with E-state index in [9.17, 15) is 9.59 Å². The van der Waals surface area contributed by atoms with Gasteiger partial charge in [0.05, 0.1) is 13.7 Å². The molecule has 1 N–H and O–H groups in total. The van der Waals surface area contributed by atoms with Gasteiger partial charge in [-0.15, -0.1) is 0 Å². The third-order valence-corrected chi connectivity index (χ3v) is 4.35. The molecule has 1 atom stereocenters. The molecule has 118 valence electrons. The monoisotopic (exact) mass is 304 g/mol. The number of carbonyl (C=O) groups is 2. The highest BCUT2D eigenvalue weighted by Crippen LogP contribution is 2.29. The lowest BCUT2D eigenvalue weighted by Gasteiger charge is -2.33. The van der Waals surface area contributed by atoms with Crippen LogP contribution in [0.2, 0.25) is 0 Å². The second-order valence-electron chi connectivity index (χ2n) is 5.65. The van der Waals surface area contributed by atoms with Crippen molar-refractivity contribution in [2.75, 3.05) is 26.7 Å². The van der Waals surface area contributed by atoms with Gasteiger partial charge in [0, 0.05) is 13.1 Å². The van der Waals surface area contributed by atoms with Crippen LogP contribution in [0.4, 0.5) is 4.79 Å². The summed E-state index contributed by atoms with van der Waals surface area (Å²) in [6.07, 6.45) is 0.676. The van der Waals surface area contributed by atoms with Gasteiger partial charge in [-0.3, -0.25) is 4.79 Å². The molecule has 1 aromatic carbocycles. The first-order valence-corrected chi connectivity index (χ1v) is 7.54. The molecule has 2 amide bonds. The van der Waals surface area contributed by atoms with Crippen molar-refractivity contribution in [3.8, 4) is 5.75 Å². The second-order valence-corrected chi connectivity index (χ2v) is 5.65. The Balaban J connectivity index is 1.55. The molecular formula is C16H20N2O4. The van der Waals surface area contributed by atoms with Crippen molar-refractivity contribution in [3.63, 3.8) is 0 Å². The number of likely N-dealkylation sites (tertiary alicyclic amines) is 1. The van der Waals surface area contributed by atoms with E-state index in [1.807, 2.05) is 12.1 Å². The van der Waals surface area contributed by atoms with Crippen LogP contribution in [0.25, 0.3) is 0 Å². The molecule has 0 spiro atoms. The fourth-order valence-electron chi connectivity index (χ4n) is 3.04. The molecule has 2 saturated heterocycles. The van der Waals surface area contributed by atoms with Crippen LogP contribution in [0.3, 0.4) is 0 Å². The first kappa shape index (κ1) is 14.7. The number of rotatable bonds is 3. The average molecular weight is 304 g/mol. The predicted molar refractivity (Wildman–Crippen MR) is 79.8 cm³/mol. The Hall–Kier alpha value is -2.24. The number of benzene rings is 1. The molecule has 3 rings (SSSR count). The minimum Gasteiger partial charge on any atom is -0.497 e. The van der Waals surface area contributed by atoms with Gasteiger partial charge in [0.25, 0.3) is 5.91 Å². The van der Waals surface area contributed by atoms with Crippen LogP contribution in [-0.4, -0.2) is 49.7 Å². The summed E-state index contributed by atoms with van der Waals surface area (Å²) in [6, 6.07) is 8.11. The summed E-state index contributed by atoms with van der Waals surface area (Å²) in [6.45, 7) is 1.67. The van der Waals surface area contributed by atoms with E-state index in [1.165, 1.54) is 5.56 Å². The van der Waals surface area contributed by atoms with Crippen LogP contribution in [0.5, 0.6) is 5.75 Å². The van der Waals surface area contributed by atoms with E-state index < -0.39 is 12.2 Å². The molecule has 6 heteroatoms. The van der Waals surface area contributed by atoms with Gasteiger partial charge < -0.3 is 19.7 Å². The molecular weight excluding hydrogens is 284 g/mol. The van der Waals surface area contributed by atoms with E-state index in [0.29, 0.717) is 19.0 Å².